The van der Waals surface area contributed by atoms with Crippen molar-refractivity contribution in [1.29, 1.82) is 5.26 Å². The molecule has 0 bridgehead atoms. The van der Waals surface area contributed by atoms with Crippen molar-refractivity contribution >= 4 is 34.0 Å². The Kier molecular flexibility index (Phi) is 2.28. The largest absolute Gasteiger partial charge is 0.225 e. The Labute approximate surface area is 90.7 Å². The zero-order valence-electron chi connectivity index (χ0n) is 6.96. The van der Waals surface area contributed by atoms with Crippen molar-refractivity contribution in [2.75, 3.05) is 0 Å². The van der Waals surface area contributed by atoms with E-state index in [0.29, 0.717) is 10.2 Å². The minimum atomic E-state index is 0.274. The molecular weight excluding hydrogens is 219 g/mol. The fourth-order valence-corrected chi connectivity index (χ4v) is 1.74. The van der Waals surface area contributed by atoms with Crippen molar-refractivity contribution in [3.05, 3.63) is 40.1 Å². The van der Waals surface area contributed by atoms with Crippen LogP contribution < -0.4 is 0 Å². The van der Waals surface area contributed by atoms with E-state index in [4.69, 9.17) is 28.5 Å². The summed E-state index contributed by atoms with van der Waals surface area (Å²) in [5, 5.41) is 11.1. The number of pyridine rings is 1. The molecule has 1 heterocycles. The van der Waals surface area contributed by atoms with Gasteiger partial charge in [-0.25, -0.2) is 4.98 Å². The van der Waals surface area contributed by atoms with Crippen molar-refractivity contribution < 1.29 is 0 Å². The van der Waals surface area contributed by atoms with Crippen LogP contribution in [0.15, 0.2) is 24.3 Å². The zero-order chi connectivity index (χ0) is 10.1. The van der Waals surface area contributed by atoms with Gasteiger partial charge in [0.2, 0.25) is 0 Å². The van der Waals surface area contributed by atoms with Crippen LogP contribution in [0.1, 0.15) is 5.69 Å². The molecule has 0 saturated heterocycles. The molecule has 2 aromatic rings. The number of benzene rings is 1. The summed E-state index contributed by atoms with van der Waals surface area (Å²) in [6.07, 6.45) is 0. The normalized spacial score (nSPS) is 10.1. The number of rotatable bonds is 0. The fourth-order valence-electron chi connectivity index (χ4n) is 1.26. The Hall–Kier alpha value is -1.30. The minimum absolute atomic E-state index is 0.274. The van der Waals surface area contributed by atoms with Gasteiger partial charge in [0, 0.05) is 15.8 Å². The molecule has 0 aliphatic carbocycles. The highest BCUT2D eigenvalue weighted by Gasteiger charge is 2.05. The molecule has 0 N–H and O–H groups in total. The summed E-state index contributed by atoms with van der Waals surface area (Å²) in [4.78, 5) is 3.91. The van der Waals surface area contributed by atoms with Gasteiger partial charge in [0.25, 0.3) is 0 Å². The summed E-state index contributed by atoms with van der Waals surface area (Å²) < 4.78 is 0. The molecule has 0 atom stereocenters. The van der Waals surface area contributed by atoms with E-state index in [1.54, 1.807) is 18.2 Å². The molecule has 4 heteroatoms. The molecule has 0 radical (unpaired) electrons. The molecule has 14 heavy (non-hydrogen) atoms. The topological polar surface area (TPSA) is 36.7 Å². The smallest absolute Gasteiger partial charge is 0.142 e. The van der Waals surface area contributed by atoms with Crippen LogP contribution >= 0.6 is 23.2 Å². The summed E-state index contributed by atoms with van der Waals surface area (Å²) in [6, 6.07) is 8.93. The lowest BCUT2D eigenvalue weighted by Gasteiger charge is -2.01. The lowest BCUT2D eigenvalue weighted by atomic mass is 10.1. The average Bonchev–Trinajstić information content (AvgIpc) is 2.19. The van der Waals surface area contributed by atoms with Gasteiger partial charge in [0.1, 0.15) is 16.9 Å². The van der Waals surface area contributed by atoms with Gasteiger partial charge in [-0.2, -0.15) is 5.26 Å². The van der Waals surface area contributed by atoms with E-state index in [1.807, 2.05) is 12.1 Å². The van der Waals surface area contributed by atoms with Gasteiger partial charge >= 0.3 is 0 Å². The minimum Gasteiger partial charge on any atom is -0.225 e. The maximum absolute atomic E-state index is 8.70. The average molecular weight is 223 g/mol. The summed E-state index contributed by atoms with van der Waals surface area (Å²) in [5.74, 6) is 0. The first-order valence-corrected chi connectivity index (χ1v) is 4.63. The Morgan fingerprint density at radius 2 is 2.00 bits per heavy atom. The second kappa shape index (κ2) is 3.45. The van der Waals surface area contributed by atoms with Gasteiger partial charge in [-0.05, 0) is 12.1 Å². The molecule has 1 aromatic heterocycles. The first-order chi connectivity index (χ1) is 6.72. The molecule has 0 unspecified atom stereocenters. The molecule has 1 aromatic carbocycles. The van der Waals surface area contributed by atoms with Crippen LogP contribution in [0.5, 0.6) is 0 Å². The number of aromatic nitrogens is 1. The zero-order valence-corrected chi connectivity index (χ0v) is 8.47. The predicted molar refractivity (Wildman–Crippen MR) is 56.5 cm³/mol. The summed E-state index contributed by atoms with van der Waals surface area (Å²) >= 11 is 11.9. The second-order valence-electron chi connectivity index (χ2n) is 2.75. The number of hydrogen-bond donors (Lipinski definition) is 0. The summed E-state index contributed by atoms with van der Waals surface area (Å²) in [5.41, 5.74) is 0.274. The standard InChI is InChI=1S/C10H4Cl2N2/c11-9-3-1-2-7-8(9)4-6(5-13)14-10(7)12/h1-4H. The Morgan fingerprint density at radius 3 is 2.71 bits per heavy atom. The number of nitrogens with zero attached hydrogens (tertiary/aromatic N) is 2. The summed E-state index contributed by atoms with van der Waals surface area (Å²) in [6.45, 7) is 0. The molecule has 68 valence electrons. The number of hydrogen-bond acceptors (Lipinski definition) is 2. The van der Waals surface area contributed by atoms with Crippen LogP contribution in [-0.4, -0.2) is 4.98 Å². The third-order valence-electron chi connectivity index (χ3n) is 1.89. The lowest BCUT2D eigenvalue weighted by molar-refractivity contribution is 1.29. The Morgan fingerprint density at radius 1 is 1.21 bits per heavy atom. The van der Waals surface area contributed by atoms with E-state index in [9.17, 15) is 0 Å². The van der Waals surface area contributed by atoms with E-state index in [1.165, 1.54) is 0 Å². The molecule has 0 aliphatic rings. The molecule has 0 saturated carbocycles. The van der Waals surface area contributed by atoms with Gasteiger partial charge in [-0.3, -0.25) is 0 Å². The van der Waals surface area contributed by atoms with Gasteiger partial charge in [-0.1, -0.05) is 35.3 Å². The number of halogens is 2. The van der Waals surface area contributed by atoms with E-state index in [0.717, 1.165) is 10.8 Å². The van der Waals surface area contributed by atoms with Crippen LogP contribution in [0.4, 0.5) is 0 Å². The molecule has 0 aliphatic heterocycles. The highest BCUT2D eigenvalue weighted by Crippen LogP contribution is 2.28. The number of nitriles is 1. The van der Waals surface area contributed by atoms with Crippen LogP contribution in [-0.2, 0) is 0 Å². The van der Waals surface area contributed by atoms with E-state index >= 15 is 0 Å². The Balaban J connectivity index is 2.92. The van der Waals surface area contributed by atoms with Crippen LogP contribution in [0, 0.1) is 11.3 Å². The second-order valence-corrected chi connectivity index (χ2v) is 3.51. The van der Waals surface area contributed by atoms with Crippen molar-refractivity contribution in [2.24, 2.45) is 0 Å². The molecular formula is C10H4Cl2N2. The highest BCUT2D eigenvalue weighted by molar-refractivity contribution is 6.39. The third kappa shape index (κ3) is 1.41. The molecule has 0 spiro atoms. The lowest BCUT2D eigenvalue weighted by Crippen LogP contribution is -1.85. The first kappa shape index (κ1) is 9.26. The predicted octanol–water partition coefficient (Wildman–Crippen LogP) is 3.41. The quantitative estimate of drug-likeness (QED) is 0.641. The van der Waals surface area contributed by atoms with Gasteiger partial charge < -0.3 is 0 Å². The SMILES string of the molecule is N#Cc1cc2c(Cl)cccc2c(Cl)n1. The maximum atomic E-state index is 8.70. The molecule has 2 rings (SSSR count). The van der Waals surface area contributed by atoms with E-state index in [2.05, 4.69) is 4.98 Å². The van der Waals surface area contributed by atoms with Gasteiger partial charge in [-0.15, -0.1) is 0 Å². The maximum Gasteiger partial charge on any atom is 0.142 e. The van der Waals surface area contributed by atoms with Crippen LogP contribution in [0.3, 0.4) is 0 Å². The van der Waals surface area contributed by atoms with Crippen molar-refractivity contribution in [1.82, 2.24) is 4.98 Å². The van der Waals surface area contributed by atoms with Crippen LogP contribution in [0.2, 0.25) is 10.2 Å². The highest BCUT2D eigenvalue weighted by atomic mass is 35.5. The van der Waals surface area contributed by atoms with Crippen LogP contribution in [0.25, 0.3) is 10.8 Å². The fraction of sp³-hybridized carbons (Fsp3) is 0. The Bertz CT molecular complexity index is 544. The molecule has 0 amide bonds. The van der Waals surface area contributed by atoms with Crippen molar-refractivity contribution in [2.45, 2.75) is 0 Å². The van der Waals surface area contributed by atoms with Gasteiger partial charge in [0.15, 0.2) is 0 Å². The number of fused-ring (bicyclic) bond motifs is 1. The summed E-state index contributed by atoms with van der Waals surface area (Å²) in [7, 11) is 0. The van der Waals surface area contributed by atoms with Crippen molar-refractivity contribution in [3.8, 4) is 6.07 Å². The van der Waals surface area contributed by atoms with E-state index in [-0.39, 0.29) is 5.69 Å². The molecule has 0 fully saturated rings. The monoisotopic (exact) mass is 222 g/mol. The molecule has 2 nitrogen and oxygen atoms in total. The first-order valence-electron chi connectivity index (χ1n) is 3.87. The van der Waals surface area contributed by atoms with Crippen molar-refractivity contribution in [3.63, 3.8) is 0 Å². The third-order valence-corrected chi connectivity index (χ3v) is 2.51. The van der Waals surface area contributed by atoms with E-state index < -0.39 is 0 Å². The van der Waals surface area contributed by atoms with Gasteiger partial charge in [0.05, 0.1) is 0 Å².